The van der Waals surface area contributed by atoms with Gasteiger partial charge in [0, 0.05) is 36.7 Å². The minimum Gasteiger partial charge on any atom is -0.497 e. The molecule has 12 heteroatoms. The topological polar surface area (TPSA) is 109 Å². The smallest absolute Gasteiger partial charge is 0.435 e. The number of nitrogens with zero attached hydrogens (tertiary/aromatic N) is 3. The second kappa shape index (κ2) is 9.65. The molecule has 0 bridgehead atoms. The molecule has 9 nitrogen and oxygen atoms in total. The number of aromatic nitrogens is 2. The molecule has 1 aromatic heterocycles. The van der Waals surface area contributed by atoms with Crippen LogP contribution in [0.4, 0.5) is 24.5 Å². The van der Waals surface area contributed by atoms with Crippen LogP contribution in [0.25, 0.3) is 0 Å². The van der Waals surface area contributed by atoms with E-state index in [1.165, 1.54) is 30.0 Å². The first-order chi connectivity index (χ1) is 16.6. The number of methoxy groups -OCH3 is 1. The number of hydrogen-bond donors (Lipinski definition) is 1. The summed E-state index contributed by atoms with van der Waals surface area (Å²) >= 11 is 0. The molecule has 0 unspecified atom stereocenters. The highest BCUT2D eigenvalue weighted by Gasteiger charge is 2.37. The van der Waals surface area contributed by atoms with E-state index < -0.39 is 22.7 Å². The van der Waals surface area contributed by atoms with Crippen molar-refractivity contribution in [3.05, 3.63) is 70.0 Å². The van der Waals surface area contributed by atoms with Crippen LogP contribution >= 0.6 is 0 Å². The summed E-state index contributed by atoms with van der Waals surface area (Å²) in [7, 11) is 1.51. The minimum absolute atomic E-state index is 0.0103. The van der Waals surface area contributed by atoms with Gasteiger partial charge in [-0.05, 0) is 43.2 Å². The number of benzene rings is 2. The Hall–Kier alpha value is -4.09. The Morgan fingerprint density at radius 2 is 1.83 bits per heavy atom. The Labute approximate surface area is 197 Å². The zero-order valence-electron chi connectivity index (χ0n) is 18.5. The van der Waals surface area contributed by atoms with Crippen LogP contribution < -0.4 is 14.8 Å². The maximum Gasteiger partial charge on any atom is 0.435 e. The van der Waals surface area contributed by atoms with E-state index in [-0.39, 0.29) is 36.0 Å². The molecule has 1 heterocycles. The fraction of sp³-hybridized carbons (Fsp3) is 0.304. The van der Waals surface area contributed by atoms with E-state index in [0.29, 0.717) is 17.2 Å². The van der Waals surface area contributed by atoms with Gasteiger partial charge >= 0.3 is 6.18 Å². The number of non-ortho nitro benzene ring substituents is 1. The summed E-state index contributed by atoms with van der Waals surface area (Å²) in [5.41, 5.74) is -0.717. The lowest BCUT2D eigenvalue weighted by Crippen LogP contribution is -2.16. The van der Waals surface area contributed by atoms with Gasteiger partial charge in [-0.15, -0.1) is 0 Å². The molecule has 1 fully saturated rings. The van der Waals surface area contributed by atoms with Gasteiger partial charge in [0.15, 0.2) is 5.69 Å². The van der Waals surface area contributed by atoms with Gasteiger partial charge < -0.3 is 14.8 Å². The van der Waals surface area contributed by atoms with Crippen LogP contribution in [-0.2, 0) is 17.5 Å². The van der Waals surface area contributed by atoms with E-state index >= 15 is 0 Å². The molecule has 1 aliphatic rings. The number of carbonyl (C=O) groups is 1. The van der Waals surface area contributed by atoms with Gasteiger partial charge in [0.2, 0.25) is 5.91 Å². The van der Waals surface area contributed by atoms with Crippen molar-refractivity contribution in [2.24, 2.45) is 0 Å². The van der Waals surface area contributed by atoms with Crippen LogP contribution in [0.1, 0.15) is 36.6 Å². The molecular weight excluding hydrogens is 469 g/mol. The summed E-state index contributed by atoms with van der Waals surface area (Å²) in [6.07, 6.45) is -3.18. The lowest BCUT2D eigenvalue weighted by molar-refractivity contribution is -0.384. The Morgan fingerprint density at radius 3 is 2.43 bits per heavy atom. The van der Waals surface area contributed by atoms with E-state index in [9.17, 15) is 28.1 Å². The first-order valence-electron chi connectivity index (χ1n) is 10.7. The number of alkyl halides is 3. The molecule has 0 radical (unpaired) electrons. The van der Waals surface area contributed by atoms with Crippen LogP contribution in [0.15, 0.2) is 48.5 Å². The normalized spacial score (nSPS) is 13.4. The van der Waals surface area contributed by atoms with Gasteiger partial charge in [0.25, 0.3) is 5.69 Å². The molecule has 3 aromatic rings. The number of nitro benzene ring substituents is 1. The number of halogens is 3. The quantitative estimate of drug-likeness (QED) is 0.313. The Morgan fingerprint density at radius 1 is 1.14 bits per heavy atom. The summed E-state index contributed by atoms with van der Waals surface area (Å²) in [5.74, 6) is 0.601. The zero-order chi connectivity index (χ0) is 25.2. The van der Waals surface area contributed by atoms with E-state index in [4.69, 9.17) is 9.47 Å². The zero-order valence-corrected chi connectivity index (χ0v) is 18.5. The van der Waals surface area contributed by atoms with E-state index in [2.05, 4.69) is 10.4 Å². The number of carbonyl (C=O) groups excluding carboxylic acids is 1. The highest BCUT2D eigenvalue weighted by molar-refractivity contribution is 5.91. The third kappa shape index (κ3) is 6.08. The molecular formula is C23H21F3N4O5. The monoisotopic (exact) mass is 490 g/mol. The maximum atomic E-state index is 13.1. The lowest BCUT2D eigenvalue weighted by Gasteiger charge is -2.11. The third-order valence-corrected chi connectivity index (χ3v) is 5.33. The van der Waals surface area contributed by atoms with Crippen LogP contribution in [-0.4, -0.2) is 27.7 Å². The standard InChI is InChI=1S/C23H21F3N4O5/c1-34-17-4-6-18(7-5-17)35-19-11-15(10-16(12-19)30(32)33)27-22(31)8-9-29-20(14-2-3-14)13-21(28-29)23(24,25)26/h4-7,10-14H,2-3,8-9H2,1H3,(H,27,31). The van der Waals surface area contributed by atoms with Crippen LogP contribution in [0.5, 0.6) is 17.2 Å². The highest BCUT2D eigenvalue weighted by Crippen LogP contribution is 2.42. The molecule has 2 aromatic carbocycles. The number of aryl methyl sites for hydroxylation is 1. The molecule has 1 amide bonds. The largest absolute Gasteiger partial charge is 0.497 e. The van der Waals surface area contributed by atoms with E-state index in [1.54, 1.807) is 24.3 Å². The predicted molar refractivity (Wildman–Crippen MR) is 119 cm³/mol. The van der Waals surface area contributed by atoms with Gasteiger partial charge in [-0.3, -0.25) is 19.6 Å². The Bertz CT molecular complexity index is 1240. The van der Waals surface area contributed by atoms with Crippen molar-refractivity contribution in [1.82, 2.24) is 9.78 Å². The van der Waals surface area contributed by atoms with Crippen molar-refractivity contribution in [3.8, 4) is 17.2 Å². The fourth-order valence-electron chi connectivity index (χ4n) is 3.49. The Kier molecular flexibility index (Phi) is 6.63. The van der Waals surface area contributed by atoms with Gasteiger partial charge in [-0.25, -0.2) is 0 Å². The van der Waals surface area contributed by atoms with Crippen LogP contribution in [0.3, 0.4) is 0 Å². The molecule has 1 N–H and O–H groups in total. The number of anilines is 1. The van der Waals surface area contributed by atoms with Crippen molar-refractivity contribution in [3.63, 3.8) is 0 Å². The molecule has 0 atom stereocenters. The average Bonchev–Trinajstić information content (AvgIpc) is 3.55. The number of hydrogen-bond acceptors (Lipinski definition) is 6. The molecule has 1 aliphatic carbocycles. The average molecular weight is 490 g/mol. The van der Waals surface area contributed by atoms with Gasteiger partial charge in [0.05, 0.1) is 23.8 Å². The Balaban J connectivity index is 1.46. The summed E-state index contributed by atoms with van der Waals surface area (Å²) in [5, 5.41) is 17.5. The molecule has 184 valence electrons. The number of nitrogens with one attached hydrogen (secondary N) is 1. The number of rotatable bonds is 9. The summed E-state index contributed by atoms with van der Waals surface area (Å²) in [6, 6.07) is 11.4. The number of nitro groups is 1. The lowest BCUT2D eigenvalue weighted by atomic mass is 10.2. The molecule has 0 spiro atoms. The van der Waals surface area contributed by atoms with Crippen LogP contribution in [0, 0.1) is 10.1 Å². The van der Waals surface area contributed by atoms with Crippen molar-refractivity contribution in [2.45, 2.75) is 37.9 Å². The SMILES string of the molecule is COc1ccc(Oc2cc(NC(=O)CCn3nc(C(F)(F)F)cc3C3CC3)cc([N+](=O)[O-])c2)cc1. The highest BCUT2D eigenvalue weighted by atomic mass is 19.4. The molecule has 1 saturated carbocycles. The van der Waals surface area contributed by atoms with Crippen molar-refractivity contribution < 1.29 is 32.4 Å². The minimum atomic E-state index is -4.57. The van der Waals surface area contributed by atoms with E-state index in [1.807, 2.05) is 0 Å². The van der Waals surface area contributed by atoms with E-state index in [0.717, 1.165) is 18.9 Å². The first-order valence-corrected chi connectivity index (χ1v) is 10.7. The first kappa shape index (κ1) is 24.0. The second-order valence-electron chi connectivity index (χ2n) is 8.00. The fourth-order valence-corrected chi connectivity index (χ4v) is 3.49. The van der Waals surface area contributed by atoms with Gasteiger partial charge in [-0.2, -0.15) is 18.3 Å². The second-order valence-corrected chi connectivity index (χ2v) is 8.00. The van der Waals surface area contributed by atoms with Gasteiger partial charge in [0.1, 0.15) is 17.2 Å². The van der Waals surface area contributed by atoms with Crippen molar-refractivity contribution in [2.75, 3.05) is 12.4 Å². The van der Waals surface area contributed by atoms with Crippen molar-refractivity contribution in [1.29, 1.82) is 0 Å². The summed E-state index contributed by atoms with van der Waals surface area (Å²) < 4.78 is 51.1. The van der Waals surface area contributed by atoms with Gasteiger partial charge in [-0.1, -0.05) is 0 Å². The van der Waals surface area contributed by atoms with Crippen molar-refractivity contribution >= 4 is 17.3 Å². The summed E-state index contributed by atoms with van der Waals surface area (Å²) in [6.45, 7) is -0.0577. The molecule has 4 rings (SSSR count). The molecule has 0 aliphatic heterocycles. The third-order valence-electron chi connectivity index (χ3n) is 5.33. The molecule has 0 saturated heterocycles. The number of amides is 1. The number of ether oxygens (including phenoxy) is 2. The summed E-state index contributed by atoms with van der Waals surface area (Å²) in [4.78, 5) is 23.2. The molecule has 35 heavy (non-hydrogen) atoms. The predicted octanol–water partition coefficient (Wildman–Crippen LogP) is 5.52. The van der Waals surface area contributed by atoms with Crippen LogP contribution in [0.2, 0.25) is 0 Å². The maximum absolute atomic E-state index is 13.1.